The molecule has 3 N–H and O–H groups in total. The third kappa shape index (κ3) is 9.43. The Kier molecular flexibility index (Phi) is 10.3. The first-order valence-electron chi connectivity index (χ1n) is 12.3. The van der Waals surface area contributed by atoms with Crippen LogP contribution in [-0.2, 0) is 10.0 Å². The molecule has 1 aromatic carbocycles. The van der Waals surface area contributed by atoms with E-state index in [1.165, 1.54) is 31.1 Å². The first-order valence-corrected chi connectivity index (χ1v) is 14.2. The van der Waals surface area contributed by atoms with Gasteiger partial charge in [0.15, 0.2) is 0 Å². The maximum atomic E-state index is 12.4. The molecule has 2 aromatic rings. The van der Waals surface area contributed by atoms with Crippen LogP contribution in [0.4, 0.5) is 4.79 Å². The molecule has 34 heavy (non-hydrogen) atoms. The number of hydrogen-bond donors (Lipinski definition) is 3. The van der Waals surface area contributed by atoms with Crippen LogP contribution in [0, 0.1) is 0 Å². The number of aromatic nitrogens is 1. The summed E-state index contributed by atoms with van der Waals surface area (Å²) in [5.41, 5.74) is 2.31. The molecule has 3 rings (SSSR count). The summed E-state index contributed by atoms with van der Waals surface area (Å²) in [6, 6.07) is 14.3. The van der Waals surface area contributed by atoms with E-state index < -0.39 is 10.0 Å². The summed E-state index contributed by atoms with van der Waals surface area (Å²) >= 11 is 0. The molecule has 0 saturated heterocycles. The molecule has 1 saturated carbocycles. The molecule has 0 bridgehead atoms. The highest BCUT2D eigenvalue weighted by molar-refractivity contribution is 7.88. The minimum atomic E-state index is -3.27. The van der Waals surface area contributed by atoms with Gasteiger partial charge < -0.3 is 10.6 Å². The first-order chi connectivity index (χ1) is 16.4. The molecule has 0 spiro atoms. The molecular weight excluding hydrogens is 448 g/mol. The summed E-state index contributed by atoms with van der Waals surface area (Å²) in [4.78, 5) is 16.5. The number of benzene rings is 1. The number of amides is 2. The number of hydrogen-bond acceptors (Lipinski definition) is 4. The van der Waals surface area contributed by atoms with E-state index in [-0.39, 0.29) is 17.9 Å². The summed E-state index contributed by atoms with van der Waals surface area (Å²) < 4.78 is 26.1. The minimum Gasteiger partial charge on any atom is -0.338 e. The monoisotopic (exact) mass is 486 g/mol. The molecular formula is C26H38N4O3S. The fourth-order valence-corrected chi connectivity index (χ4v) is 5.23. The number of nitrogens with zero attached hydrogens (tertiary/aromatic N) is 1. The number of urea groups is 1. The second kappa shape index (κ2) is 13.4. The maximum Gasteiger partial charge on any atom is 0.315 e. The average molecular weight is 487 g/mol. The van der Waals surface area contributed by atoms with E-state index in [1.807, 2.05) is 42.5 Å². The lowest BCUT2D eigenvalue weighted by atomic mass is 9.86. The van der Waals surface area contributed by atoms with E-state index in [4.69, 9.17) is 0 Å². The van der Waals surface area contributed by atoms with Crippen LogP contribution in [0.25, 0.3) is 0 Å². The van der Waals surface area contributed by atoms with Gasteiger partial charge in [-0.3, -0.25) is 4.98 Å². The van der Waals surface area contributed by atoms with Crippen molar-refractivity contribution in [1.29, 1.82) is 0 Å². The molecule has 1 heterocycles. The van der Waals surface area contributed by atoms with Crippen LogP contribution in [0.5, 0.6) is 0 Å². The predicted octanol–water partition coefficient (Wildman–Crippen LogP) is 4.30. The van der Waals surface area contributed by atoms with Gasteiger partial charge in [0.2, 0.25) is 10.0 Å². The number of rotatable bonds is 12. The van der Waals surface area contributed by atoms with Crippen molar-refractivity contribution in [3.8, 4) is 0 Å². The Hall–Kier alpha value is -2.45. The number of pyridine rings is 1. The summed E-state index contributed by atoms with van der Waals surface area (Å²) in [5, 5.41) is 6.15. The lowest BCUT2D eigenvalue weighted by Gasteiger charge is -2.24. The lowest BCUT2D eigenvalue weighted by molar-refractivity contribution is 0.232. The standard InChI is InChI=1S/C26H38N4O3S/c1-34(32,33)29-20-24(21-8-4-2-5-9-21)13-12-22(23-14-17-27-18-15-23)16-19-28-26(31)30-25-10-6-3-7-11-25/h2,4-5,8-9,14-15,17-18,22,24-25,29H,3,6-7,10-13,16,19-20H2,1H3,(H2,28,30,31). The Morgan fingerprint density at radius 2 is 1.59 bits per heavy atom. The Bertz CT molecular complexity index is 964. The van der Waals surface area contributed by atoms with Gasteiger partial charge in [0, 0.05) is 31.5 Å². The van der Waals surface area contributed by atoms with Gasteiger partial charge >= 0.3 is 6.03 Å². The van der Waals surface area contributed by atoms with Crippen LogP contribution in [0.2, 0.25) is 0 Å². The number of carbonyl (C=O) groups excluding carboxylic acids is 1. The molecule has 1 aromatic heterocycles. The van der Waals surface area contributed by atoms with E-state index in [0.29, 0.717) is 19.1 Å². The second-order valence-corrected chi connectivity index (χ2v) is 11.1. The molecule has 1 fully saturated rings. The fraction of sp³-hybridized carbons (Fsp3) is 0.538. The van der Waals surface area contributed by atoms with E-state index in [2.05, 4.69) is 20.3 Å². The van der Waals surface area contributed by atoms with Gasteiger partial charge in [0.1, 0.15) is 0 Å². The van der Waals surface area contributed by atoms with E-state index in [9.17, 15) is 13.2 Å². The minimum absolute atomic E-state index is 0.0721. The summed E-state index contributed by atoms with van der Waals surface area (Å²) in [7, 11) is -3.27. The number of nitrogens with one attached hydrogen (secondary N) is 3. The van der Waals surface area contributed by atoms with Crippen LogP contribution in [-0.4, -0.2) is 44.8 Å². The molecule has 0 aliphatic heterocycles. The predicted molar refractivity (Wildman–Crippen MR) is 136 cm³/mol. The lowest BCUT2D eigenvalue weighted by Crippen LogP contribution is -2.43. The summed E-state index contributed by atoms with van der Waals surface area (Å²) in [6.45, 7) is 0.955. The maximum absolute atomic E-state index is 12.4. The average Bonchev–Trinajstić information content (AvgIpc) is 2.84. The zero-order valence-electron chi connectivity index (χ0n) is 20.1. The smallest absolute Gasteiger partial charge is 0.315 e. The third-order valence-electron chi connectivity index (χ3n) is 6.62. The van der Waals surface area contributed by atoms with Gasteiger partial charge in [0.05, 0.1) is 6.26 Å². The molecule has 7 nitrogen and oxygen atoms in total. The summed E-state index contributed by atoms with van der Waals surface area (Å²) in [5.74, 6) is 0.310. The molecule has 186 valence electrons. The number of carbonyl (C=O) groups is 1. The van der Waals surface area contributed by atoms with Crippen molar-refractivity contribution in [2.45, 2.75) is 69.2 Å². The van der Waals surface area contributed by atoms with Gasteiger partial charge in [-0.2, -0.15) is 0 Å². The van der Waals surface area contributed by atoms with Crippen molar-refractivity contribution < 1.29 is 13.2 Å². The van der Waals surface area contributed by atoms with E-state index in [0.717, 1.165) is 37.7 Å². The molecule has 2 atom stereocenters. The van der Waals surface area contributed by atoms with Crippen molar-refractivity contribution in [3.05, 3.63) is 66.0 Å². The first kappa shape index (κ1) is 26.2. The number of sulfonamides is 1. The highest BCUT2D eigenvalue weighted by Gasteiger charge is 2.19. The van der Waals surface area contributed by atoms with Gasteiger partial charge in [0.25, 0.3) is 0 Å². The van der Waals surface area contributed by atoms with E-state index >= 15 is 0 Å². The summed E-state index contributed by atoms with van der Waals surface area (Å²) in [6.07, 6.45) is 13.1. The fourth-order valence-electron chi connectivity index (χ4n) is 4.72. The Balaban J connectivity index is 1.58. The molecule has 8 heteroatoms. The van der Waals surface area contributed by atoms with Gasteiger partial charge in [-0.15, -0.1) is 0 Å². The van der Waals surface area contributed by atoms with Crippen molar-refractivity contribution in [2.75, 3.05) is 19.3 Å². The Labute approximate surface area is 204 Å². The van der Waals surface area contributed by atoms with Crippen LogP contribution in [0.15, 0.2) is 54.9 Å². The molecule has 2 amide bonds. The van der Waals surface area contributed by atoms with Gasteiger partial charge in [-0.05, 0) is 67.2 Å². The SMILES string of the molecule is CS(=O)(=O)NCC(CCC(CCNC(=O)NC1CCCCC1)c1ccncc1)c1ccccc1. The zero-order valence-corrected chi connectivity index (χ0v) is 20.9. The van der Waals surface area contributed by atoms with E-state index in [1.54, 1.807) is 12.4 Å². The van der Waals surface area contributed by atoms with Crippen LogP contribution < -0.4 is 15.4 Å². The van der Waals surface area contributed by atoms with Crippen molar-refractivity contribution >= 4 is 16.1 Å². The van der Waals surface area contributed by atoms with Gasteiger partial charge in [-0.1, -0.05) is 49.6 Å². The highest BCUT2D eigenvalue weighted by atomic mass is 32.2. The third-order valence-corrected chi connectivity index (χ3v) is 7.31. The Morgan fingerprint density at radius 1 is 0.941 bits per heavy atom. The molecule has 1 aliphatic carbocycles. The second-order valence-electron chi connectivity index (χ2n) is 9.31. The molecule has 2 unspecified atom stereocenters. The quantitative estimate of drug-likeness (QED) is 0.416. The van der Waals surface area contributed by atoms with Crippen molar-refractivity contribution in [1.82, 2.24) is 20.3 Å². The van der Waals surface area contributed by atoms with Crippen LogP contribution in [0.3, 0.4) is 0 Å². The highest BCUT2D eigenvalue weighted by Crippen LogP contribution is 2.30. The topological polar surface area (TPSA) is 100 Å². The van der Waals surface area contributed by atoms with Gasteiger partial charge in [-0.25, -0.2) is 17.9 Å². The largest absolute Gasteiger partial charge is 0.338 e. The molecule has 1 aliphatic rings. The van der Waals surface area contributed by atoms with Crippen LogP contribution >= 0.6 is 0 Å². The van der Waals surface area contributed by atoms with Crippen molar-refractivity contribution in [3.63, 3.8) is 0 Å². The molecule has 0 radical (unpaired) electrons. The Morgan fingerprint density at radius 3 is 2.26 bits per heavy atom. The van der Waals surface area contributed by atoms with Crippen LogP contribution in [0.1, 0.15) is 74.3 Å². The zero-order chi connectivity index (χ0) is 24.2. The normalized spacial score (nSPS) is 16.5. The van der Waals surface area contributed by atoms with Crippen molar-refractivity contribution in [2.24, 2.45) is 0 Å².